The van der Waals surface area contributed by atoms with E-state index in [1.54, 1.807) is 10.9 Å². The standard InChI is InChI=1S/C18H16ClFN4O/c1-11-3-6-15(7-12(11)2)24-10-17(22-23-24)18(25)21-9-13-4-5-14(20)8-16(13)19/h3-8,10H,9H2,1-2H3,(H,21,25). The molecule has 0 saturated heterocycles. The molecule has 0 bridgehead atoms. The fourth-order valence-corrected chi connectivity index (χ4v) is 2.53. The Kier molecular flexibility index (Phi) is 4.81. The highest BCUT2D eigenvalue weighted by atomic mass is 35.5. The van der Waals surface area contributed by atoms with E-state index in [9.17, 15) is 9.18 Å². The molecule has 0 aliphatic carbocycles. The molecule has 25 heavy (non-hydrogen) atoms. The molecule has 0 unspecified atom stereocenters. The molecule has 128 valence electrons. The van der Waals surface area contributed by atoms with Crippen molar-refractivity contribution in [2.45, 2.75) is 20.4 Å². The number of nitrogens with one attached hydrogen (secondary N) is 1. The van der Waals surface area contributed by atoms with Crippen LogP contribution in [0.15, 0.2) is 42.6 Å². The van der Waals surface area contributed by atoms with Crippen LogP contribution >= 0.6 is 11.6 Å². The molecule has 1 heterocycles. The molecule has 0 aliphatic rings. The van der Waals surface area contributed by atoms with E-state index < -0.39 is 5.82 Å². The van der Waals surface area contributed by atoms with E-state index in [4.69, 9.17) is 11.6 Å². The third kappa shape index (κ3) is 3.85. The molecular formula is C18H16ClFN4O. The van der Waals surface area contributed by atoms with E-state index >= 15 is 0 Å². The number of carbonyl (C=O) groups is 1. The van der Waals surface area contributed by atoms with Crippen molar-refractivity contribution in [1.29, 1.82) is 0 Å². The SMILES string of the molecule is Cc1ccc(-n2cc(C(=O)NCc3ccc(F)cc3Cl)nn2)cc1C. The third-order valence-corrected chi connectivity index (χ3v) is 4.29. The van der Waals surface area contributed by atoms with Gasteiger partial charge in [0, 0.05) is 11.6 Å². The number of nitrogens with zero attached hydrogens (tertiary/aromatic N) is 3. The van der Waals surface area contributed by atoms with Gasteiger partial charge in [-0.2, -0.15) is 0 Å². The van der Waals surface area contributed by atoms with Crippen LogP contribution in [0.2, 0.25) is 5.02 Å². The Morgan fingerprint density at radius 2 is 2.00 bits per heavy atom. The zero-order valence-corrected chi connectivity index (χ0v) is 14.5. The van der Waals surface area contributed by atoms with Crippen molar-refractivity contribution in [2.75, 3.05) is 0 Å². The number of hydrogen-bond acceptors (Lipinski definition) is 3. The van der Waals surface area contributed by atoms with E-state index in [2.05, 4.69) is 15.6 Å². The Hall–Kier alpha value is -2.73. The van der Waals surface area contributed by atoms with Crippen molar-refractivity contribution < 1.29 is 9.18 Å². The highest BCUT2D eigenvalue weighted by Gasteiger charge is 2.12. The van der Waals surface area contributed by atoms with Crippen molar-refractivity contribution in [3.8, 4) is 5.69 Å². The summed E-state index contributed by atoms with van der Waals surface area (Å²) in [6.07, 6.45) is 1.56. The summed E-state index contributed by atoms with van der Waals surface area (Å²) in [7, 11) is 0. The second kappa shape index (κ2) is 7.03. The number of aryl methyl sites for hydroxylation is 2. The van der Waals surface area contributed by atoms with Gasteiger partial charge in [-0.3, -0.25) is 4.79 Å². The molecular weight excluding hydrogens is 343 g/mol. The Bertz CT molecular complexity index is 939. The van der Waals surface area contributed by atoms with Crippen LogP contribution in [0.3, 0.4) is 0 Å². The average molecular weight is 359 g/mol. The molecule has 7 heteroatoms. The normalized spacial score (nSPS) is 10.7. The van der Waals surface area contributed by atoms with Gasteiger partial charge in [-0.15, -0.1) is 5.10 Å². The monoisotopic (exact) mass is 358 g/mol. The highest BCUT2D eigenvalue weighted by molar-refractivity contribution is 6.31. The van der Waals surface area contributed by atoms with Crippen LogP contribution in [0.4, 0.5) is 4.39 Å². The summed E-state index contributed by atoms with van der Waals surface area (Å²) < 4.78 is 14.6. The van der Waals surface area contributed by atoms with E-state index in [-0.39, 0.29) is 23.2 Å². The number of hydrogen-bond donors (Lipinski definition) is 1. The first-order chi connectivity index (χ1) is 11.9. The van der Waals surface area contributed by atoms with Gasteiger partial charge in [0.05, 0.1) is 11.9 Å². The van der Waals surface area contributed by atoms with Crippen molar-refractivity contribution in [3.05, 3.63) is 75.8 Å². The predicted molar refractivity (Wildman–Crippen MR) is 93.4 cm³/mol. The van der Waals surface area contributed by atoms with E-state index in [1.807, 2.05) is 32.0 Å². The predicted octanol–water partition coefficient (Wildman–Crippen LogP) is 3.61. The summed E-state index contributed by atoms with van der Waals surface area (Å²) >= 11 is 5.95. The molecule has 1 amide bonds. The van der Waals surface area contributed by atoms with Crippen molar-refractivity contribution >= 4 is 17.5 Å². The summed E-state index contributed by atoms with van der Waals surface area (Å²) in [6, 6.07) is 9.91. The number of benzene rings is 2. The molecule has 3 rings (SSSR count). The van der Waals surface area contributed by atoms with Crippen molar-refractivity contribution in [1.82, 2.24) is 20.3 Å². The molecule has 2 aromatic carbocycles. The minimum atomic E-state index is -0.420. The Balaban J connectivity index is 1.71. The summed E-state index contributed by atoms with van der Waals surface area (Å²) in [6.45, 7) is 4.21. The van der Waals surface area contributed by atoms with Gasteiger partial charge in [-0.1, -0.05) is 28.9 Å². The lowest BCUT2D eigenvalue weighted by atomic mass is 10.1. The van der Waals surface area contributed by atoms with E-state index in [1.165, 1.54) is 23.8 Å². The fourth-order valence-electron chi connectivity index (χ4n) is 2.29. The van der Waals surface area contributed by atoms with Gasteiger partial charge in [0.25, 0.3) is 5.91 Å². The highest BCUT2D eigenvalue weighted by Crippen LogP contribution is 2.17. The number of aromatic nitrogens is 3. The lowest BCUT2D eigenvalue weighted by Gasteiger charge is -2.05. The molecule has 1 aromatic heterocycles. The molecule has 0 fully saturated rings. The molecule has 0 atom stereocenters. The molecule has 3 aromatic rings. The van der Waals surface area contributed by atoms with Crippen LogP contribution in [-0.2, 0) is 6.54 Å². The number of carbonyl (C=O) groups excluding carboxylic acids is 1. The molecule has 0 spiro atoms. The van der Waals surface area contributed by atoms with Crippen molar-refractivity contribution in [3.63, 3.8) is 0 Å². The molecule has 0 saturated carbocycles. The van der Waals surface area contributed by atoms with Crippen LogP contribution in [0.1, 0.15) is 27.2 Å². The van der Waals surface area contributed by atoms with Crippen LogP contribution in [0.25, 0.3) is 5.69 Å². The first-order valence-corrected chi connectivity index (χ1v) is 8.04. The zero-order chi connectivity index (χ0) is 18.0. The first kappa shape index (κ1) is 17.1. The van der Waals surface area contributed by atoms with Gasteiger partial charge in [0.15, 0.2) is 5.69 Å². The maximum absolute atomic E-state index is 13.0. The maximum Gasteiger partial charge on any atom is 0.273 e. The lowest BCUT2D eigenvalue weighted by Crippen LogP contribution is -2.23. The van der Waals surface area contributed by atoms with Crippen LogP contribution in [0, 0.1) is 19.7 Å². The second-order valence-corrected chi connectivity index (χ2v) is 6.14. The van der Waals surface area contributed by atoms with Gasteiger partial charge >= 0.3 is 0 Å². The summed E-state index contributed by atoms with van der Waals surface area (Å²) in [5, 5.41) is 10.9. The minimum Gasteiger partial charge on any atom is -0.346 e. The van der Waals surface area contributed by atoms with Crippen LogP contribution in [-0.4, -0.2) is 20.9 Å². The number of halogens is 2. The topological polar surface area (TPSA) is 59.8 Å². The largest absolute Gasteiger partial charge is 0.346 e. The smallest absolute Gasteiger partial charge is 0.273 e. The van der Waals surface area contributed by atoms with Gasteiger partial charge in [-0.05, 0) is 54.8 Å². The summed E-state index contributed by atoms with van der Waals surface area (Å²) in [5.41, 5.74) is 3.95. The maximum atomic E-state index is 13.0. The van der Waals surface area contributed by atoms with Crippen LogP contribution < -0.4 is 5.32 Å². The summed E-state index contributed by atoms with van der Waals surface area (Å²) in [4.78, 5) is 12.2. The quantitative estimate of drug-likeness (QED) is 0.775. The van der Waals surface area contributed by atoms with E-state index in [0.29, 0.717) is 5.56 Å². The minimum absolute atomic E-state index is 0.175. The van der Waals surface area contributed by atoms with Gasteiger partial charge in [0.1, 0.15) is 5.82 Å². The zero-order valence-electron chi connectivity index (χ0n) is 13.8. The fraction of sp³-hybridized carbons (Fsp3) is 0.167. The summed E-state index contributed by atoms with van der Waals surface area (Å²) in [5.74, 6) is -0.799. The average Bonchev–Trinajstić information content (AvgIpc) is 3.06. The Morgan fingerprint density at radius 3 is 2.72 bits per heavy atom. The van der Waals surface area contributed by atoms with E-state index in [0.717, 1.165) is 11.3 Å². The number of amides is 1. The lowest BCUT2D eigenvalue weighted by molar-refractivity contribution is 0.0946. The Morgan fingerprint density at radius 1 is 1.20 bits per heavy atom. The van der Waals surface area contributed by atoms with Crippen molar-refractivity contribution in [2.24, 2.45) is 0 Å². The first-order valence-electron chi connectivity index (χ1n) is 7.66. The molecule has 0 radical (unpaired) electrons. The second-order valence-electron chi connectivity index (χ2n) is 5.74. The van der Waals surface area contributed by atoms with Crippen LogP contribution in [0.5, 0.6) is 0 Å². The molecule has 1 N–H and O–H groups in total. The molecule has 5 nitrogen and oxygen atoms in total. The molecule has 0 aliphatic heterocycles. The van der Waals surface area contributed by atoms with Gasteiger partial charge < -0.3 is 5.32 Å². The van der Waals surface area contributed by atoms with Gasteiger partial charge in [-0.25, -0.2) is 9.07 Å². The Labute approximate surface area is 149 Å². The van der Waals surface area contributed by atoms with Gasteiger partial charge in [0.2, 0.25) is 0 Å². The number of rotatable bonds is 4. The third-order valence-electron chi connectivity index (χ3n) is 3.94.